The summed E-state index contributed by atoms with van der Waals surface area (Å²) in [5.74, 6) is 1.14. The lowest BCUT2D eigenvalue weighted by Crippen LogP contribution is -2.58. The maximum absolute atomic E-state index is 5.78. The van der Waals surface area contributed by atoms with Gasteiger partial charge < -0.3 is 14.6 Å². The van der Waals surface area contributed by atoms with Crippen molar-refractivity contribution in [1.29, 1.82) is 0 Å². The molecule has 0 spiro atoms. The van der Waals surface area contributed by atoms with E-state index in [1.165, 1.54) is 5.56 Å². The Morgan fingerprint density at radius 3 is 2.65 bits per heavy atom. The first-order valence-electron chi connectivity index (χ1n) is 6.95. The average molecular weight is 273 g/mol. The molecule has 0 bridgehead atoms. The van der Waals surface area contributed by atoms with Crippen molar-refractivity contribution in [1.82, 2.24) is 15.5 Å². The maximum atomic E-state index is 5.78. The Morgan fingerprint density at radius 2 is 2.05 bits per heavy atom. The molecule has 1 saturated heterocycles. The van der Waals surface area contributed by atoms with E-state index in [2.05, 4.69) is 41.4 Å². The third-order valence-corrected chi connectivity index (χ3v) is 3.63. The van der Waals surface area contributed by atoms with Crippen molar-refractivity contribution in [2.75, 3.05) is 13.1 Å². The van der Waals surface area contributed by atoms with Crippen LogP contribution in [-0.2, 0) is 17.8 Å². The Bertz CT molecular complexity index is 573. The standard InChI is InChI=1S/C15H19N3O2/c1-3-11-4-6-12(7-5-11)14-17-13(20-18-14)8-19-15(2)9-16-10-15/h4-7,16H,3,8-10H2,1-2H3. The molecule has 2 heterocycles. The van der Waals surface area contributed by atoms with Crippen molar-refractivity contribution in [2.45, 2.75) is 32.5 Å². The number of nitrogens with zero attached hydrogens (tertiary/aromatic N) is 2. The minimum atomic E-state index is -0.0998. The highest BCUT2D eigenvalue weighted by Gasteiger charge is 2.33. The zero-order chi connectivity index (χ0) is 14.0. The predicted molar refractivity (Wildman–Crippen MR) is 75.2 cm³/mol. The van der Waals surface area contributed by atoms with E-state index in [-0.39, 0.29) is 5.60 Å². The third kappa shape index (κ3) is 2.73. The van der Waals surface area contributed by atoms with Gasteiger partial charge in [-0.25, -0.2) is 0 Å². The smallest absolute Gasteiger partial charge is 0.252 e. The molecule has 106 valence electrons. The Morgan fingerprint density at radius 1 is 1.30 bits per heavy atom. The summed E-state index contributed by atoms with van der Waals surface area (Å²) >= 11 is 0. The van der Waals surface area contributed by atoms with Gasteiger partial charge in [-0.3, -0.25) is 0 Å². The zero-order valence-electron chi connectivity index (χ0n) is 11.8. The van der Waals surface area contributed by atoms with Crippen LogP contribution in [0.4, 0.5) is 0 Å². The van der Waals surface area contributed by atoms with Crippen LogP contribution in [0, 0.1) is 0 Å². The minimum absolute atomic E-state index is 0.0998. The predicted octanol–water partition coefficient (Wildman–Crippen LogP) is 2.18. The first kappa shape index (κ1) is 13.3. The van der Waals surface area contributed by atoms with E-state index in [1.807, 2.05) is 12.1 Å². The molecule has 1 aromatic carbocycles. The quantitative estimate of drug-likeness (QED) is 0.904. The van der Waals surface area contributed by atoms with Crippen molar-refractivity contribution in [2.24, 2.45) is 0 Å². The SMILES string of the molecule is CCc1ccc(-c2noc(COC3(C)CNC3)n2)cc1. The number of aryl methyl sites for hydroxylation is 1. The average Bonchev–Trinajstić information content (AvgIpc) is 2.92. The van der Waals surface area contributed by atoms with Gasteiger partial charge in [-0.05, 0) is 18.9 Å². The van der Waals surface area contributed by atoms with Crippen LogP contribution in [0.2, 0.25) is 0 Å². The summed E-state index contributed by atoms with van der Waals surface area (Å²) in [4.78, 5) is 4.37. The summed E-state index contributed by atoms with van der Waals surface area (Å²) in [7, 11) is 0. The van der Waals surface area contributed by atoms with Crippen LogP contribution in [0.1, 0.15) is 25.3 Å². The van der Waals surface area contributed by atoms with E-state index < -0.39 is 0 Å². The van der Waals surface area contributed by atoms with Crippen LogP contribution in [0.15, 0.2) is 28.8 Å². The molecule has 5 heteroatoms. The zero-order valence-corrected chi connectivity index (χ0v) is 11.8. The molecule has 1 fully saturated rings. The van der Waals surface area contributed by atoms with E-state index in [4.69, 9.17) is 9.26 Å². The molecule has 1 aliphatic heterocycles. The van der Waals surface area contributed by atoms with Crippen LogP contribution in [0.25, 0.3) is 11.4 Å². The van der Waals surface area contributed by atoms with Gasteiger partial charge in [-0.1, -0.05) is 36.3 Å². The monoisotopic (exact) mass is 273 g/mol. The number of ether oxygens (including phenoxy) is 1. The fraction of sp³-hybridized carbons (Fsp3) is 0.467. The highest BCUT2D eigenvalue weighted by Crippen LogP contribution is 2.20. The number of aromatic nitrogens is 2. The number of nitrogens with one attached hydrogen (secondary N) is 1. The third-order valence-electron chi connectivity index (χ3n) is 3.63. The molecule has 20 heavy (non-hydrogen) atoms. The maximum Gasteiger partial charge on any atom is 0.252 e. The molecule has 3 rings (SSSR count). The van der Waals surface area contributed by atoms with Crippen molar-refractivity contribution < 1.29 is 9.26 Å². The molecule has 0 amide bonds. The summed E-state index contributed by atoms with van der Waals surface area (Å²) in [5.41, 5.74) is 2.16. The van der Waals surface area contributed by atoms with E-state index in [9.17, 15) is 0 Å². The lowest BCUT2D eigenvalue weighted by Gasteiger charge is -2.38. The fourth-order valence-electron chi connectivity index (χ4n) is 2.14. The van der Waals surface area contributed by atoms with E-state index in [0.29, 0.717) is 18.3 Å². The van der Waals surface area contributed by atoms with Crippen LogP contribution < -0.4 is 5.32 Å². The minimum Gasteiger partial charge on any atom is -0.363 e. The lowest BCUT2D eigenvalue weighted by atomic mass is 10.0. The normalized spacial score (nSPS) is 16.9. The molecule has 0 saturated carbocycles. The highest BCUT2D eigenvalue weighted by atomic mass is 16.5. The number of hydrogen-bond donors (Lipinski definition) is 1. The first-order valence-corrected chi connectivity index (χ1v) is 6.95. The van der Waals surface area contributed by atoms with Gasteiger partial charge in [0.1, 0.15) is 6.61 Å². The highest BCUT2D eigenvalue weighted by molar-refractivity contribution is 5.54. The van der Waals surface area contributed by atoms with Gasteiger partial charge in [-0.15, -0.1) is 0 Å². The van der Waals surface area contributed by atoms with E-state index in [0.717, 1.165) is 25.1 Å². The summed E-state index contributed by atoms with van der Waals surface area (Å²) < 4.78 is 11.0. The molecule has 0 atom stereocenters. The molecule has 1 aromatic heterocycles. The Hall–Kier alpha value is -1.72. The number of benzene rings is 1. The van der Waals surface area contributed by atoms with Crippen molar-refractivity contribution in [3.63, 3.8) is 0 Å². The van der Waals surface area contributed by atoms with Crippen molar-refractivity contribution in [3.8, 4) is 11.4 Å². The fourth-order valence-corrected chi connectivity index (χ4v) is 2.14. The first-order chi connectivity index (χ1) is 9.68. The van der Waals surface area contributed by atoms with Gasteiger partial charge in [-0.2, -0.15) is 4.98 Å². The molecule has 1 aliphatic rings. The Balaban J connectivity index is 1.66. The Labute approximate surface area is 118 Å². The van der Waals surface area contributed by atoms with Crippen molar-refractivity contribution in [3.05, 3.63) is 35.7 Å². The topological polar surface area (TPSA) is 60.2 Å². The molecule has 0 aliphatic carbocycles. The molecule has 5 nitrogen and oxygen atoms in total. The number of rotatable bonds is 5. The Kier molecular flexibility index (Phi) is 3.54. The second-order valence-corrected chi connectivity index (χ2v) is 5.40. The summed E-state index contributed by atoms with van der Waals surface area (Å²) in [6.45, 7) is 6.30. The van der Waals surface area contributed by atoms with E-state index >= 15 is 0 Å². The molecule has 0 unspecified atom stereocenters. The molecule has 0 radical (unpaired) electrons. The van der Waals surface area contributed by atoms with Gasteiger partial charge in [0, 0.05) is 18.7 Å². The number of hydrogen-bond acceptors (Lipinski definition) is 5. The van der Waals surface area contributed by atoms with Gasteiger partial charge in [0.05, 0.1) is 5.60 Å². The second kappa shape index (κ2) is 5.34. The van der Waals surface area contributed by atoms with Crippen LogP contribution in [0.3, 0.4) is 0 Å². The van der Waals surface area contributed by atoms with Gasteiger partial charge in [0.15, 0.2) is 0 Å². The largest absolute Gasteiger partial charge is 0.363 e. The van der Waals surface area contributed by atoms with Gasteiger partial charge in [0.25, 0.3) is 5.89 Å². The molecule has 2 aromatic rings. The lowest BCUT2D eigenvalue weighted by molar-refractivity contribution is -0.0841. The molecular weight excluding hydrogens is 254 g/mol. The van der Waals surface area contributed by atoms with Crippen LogP contribution >= 0.6 is 0 Å². The summed E-state index contributed by atoms with van der Waals surface area (Å²) in [5, 5.41) is 7.19. The van der Waals surface area contributed by atoms with Gasteiger partial charge >= 0.3 is 0 Å². The van der Waals surface area contributed by atoms with E-state index in [1.54, 1.807) is 0 Å². The van der Waals surface area contributed by atoms with Crippen molar-refractivity contribution >= 4 is 0 Å². The van der Waals surface area contributed by atoms with Crippen LogP contribution in [-0.4, -0.2) is 28.8 Å². The molecule has 1 N–H and O–H groups in total. The molecular formula is C15H19N3O2. The second-order valence-electron chi connectivity index (χ2n) is 5.40. The summed E-state index contributed by atoms with van der Waals surface area (Å²) in [6.07, 6.45) is 1.03. The van der Waals surface area contributed by atoms with Gasteiger partial charge in [0.2, 0.25) is 5.82 Å². The van der Waals surface area contributed by atoms with Crippen LogP contribution in [0.5, 0.6) is 0 Å². The summed E-state index contributed by atoms with van der Waals surface area (Å²) in [6, 6.07) is 8.21.